The molecule has 22 heavy (non-hydrogen) atoms. The van der Waals surface area contributed by atoms with Crippen LogP contribution in [-0.4, -0.2) is 26.2 Å². The van der Waals surface area contributed by atoms with Crippen LogP contribution in [0.15, 0.2) is 38.1 Å². The topological polar surface area (TPSA) is 120 Å². The van der Waals surface area contributed by atoms with Crippen molar-refractivity contribution in [2.24, 2.45) is 5.92 Å². The summed E-state index contributed by atoms with van der Waals surface area (Å²) in [6.07, 6.45) is 4.72. The number of hydrogen-bond acceptors (Lipinski definition) is 8. The van der Waals surface area contributed by atoms with Crippen LogP contribution in [0.4, 0.5) is 0 Å². The second-order valence-electron chi connectivity index (χ2n) is 4.97. The number of nitrogens with zero attached hydrogens (tertiary/aromatic N) is 4. The van der Waals surface area contributed by atoms with E-state index in [1.807, 2.05) is 0 Å². The van der Waals surface area contributed by atoms with Crippen molar-refractivity contribution in [3.05, 3.63) is 36.5 Å². The largest absolute Gasteiger partial charge is 0.459 e. The quantitative estimate of drug-likeness (QED) is 0.754. The fourth-order valence-corrected chi connectivity index (χ4v) is 2.16. The Morgan fingerprint density at radius 1 is 1.36 bits per heavy atom. The molecule has 1 saturated carbocycles. The van der Waals surface area contributed by atoms with Gasteiger partial charge in [-0.15, -0.1) is 10.2 Å². The highest BCUT2D eigenvalue weighted by Gasteiger charge is 2.37. The van der Waals surface area contributed by atoms with Crippen LogP contribution in [0.2, 0.25) is 0 Å². The second kappa shape index (κ2) is 5.10. The van der Waals surface area contributed by atoms with E-state index in [0.29, 0.717) is 17.5 Å². The highest BCUT2D eigenvalue weighted by Crippen LogP contribution is 2.40. The third-order valence-electron chi connectivity index (χ3n) is 3.39. The first-order valence-corrected chi connectivity index (χ1v) is 6.76. The van der Waals surface area contributed by atoms with Crippen molar-refractivity contribution < 1.29 is 18.2 Å². The van der Waals surface area contributed by atoms with Gasteiger partial charge in [0.15, 0.2) is 11.6 Å². The third-order valence-corrected chi connectivity index (χ3v) is 3.39. The third kappa shape index (κ3) is 2.36. The summed E-state index contributed by atoms with van der Waals surface area (Å²) in [7, 11) is 0. The number of hydrogen-bond donors (Lipinski definition) is 1. The molecule has 3 heterocycles. The Labute approximate surface area is 123 Å². The van der Waals surface area contributed by atoms with Crippen LogP contribution in [0.1, 0.15) is 35.4 Å². The minimum absolute atomic E-state index is 0.138. The maximum atomic E-state index is 12.2. The minimum Gasteiger partial charge on any atom is -0.459 e. The molecule has 3 aromatic heterocycles. The average molecular weight is 301 g/mol. The van der Waals surface area contributed by atoms with Crippen molar-refractivity contribution in [2.75, 3.05) is 0 Å². The number of aromatic nitrogens is 4. The number of rotatable bonds is 5. The molecule has 0 aromatic carbocycles. The molecule has 1 fully saturated rings. The lowest BCUT2D eigenvalue weighted by Crippen LogP contribution is -2.30. The zero-order chi connectivity index (χ0) is 14.9. The maximum Gasteiger partial charge on any atom is 0.309 e. The molecule has 1 N–H and O–H groups in total. The molecule has 1 aliphatic rings. The van der Waals surface area contributed by atoms with Crippen molar-refractivity contribution in [3.63, 3.8) is 0 Å². The second-order valence-corrected chi connectivity index (χ2v) is 4.97. The van der Waals surface area contributed by atoms with E-state index in [1.165, 1.54) is 12.7 Å². The predicted molar refractivity (Wildman–Crippen MR) is 69.2 cm³/mol. The molecule has 0 radical (unpaired) electrons. The summed E-state index contributed by atoms with van der Waals surface area (Å²) in [5.41, 5.74) is 0. The number of furan rings is 1. The molecule has 3 aromatic rings. The van der Waals surface area contributed by atoms with E-state index in [-0.39, 0.29) is 17.8 Å². The Balaban J connectivity index is 1.52. The van der Waals surface area contributed by atoms with Gasteiger partial charge in [-0.05, 0) is 30.9 Å². The molecule has 1 atom stereocenters. The molecule has 0 saturated heterocycles. The van der Waals surface area contributed by atoms with E-state index in [0.717, 1.165) is 12.8 Å². The lowest BCUT2D eigenvalue weighted by molar-refractivity contribution is 0.0894. The van der Waals surface area contributed by atoms with Gasteiger partial charge in [0.05, 0.1) is 12.3 Å². The van der Waals surface area contributed by atoms with Gasteiger partial charge in [0.25, 0.3) is 5.89 Å². The summed E-state index contributed by atoms with van der Waals surface area (Å²) in [4.78, 5) is 16.2. The first-order chi connectivity index (χ1) is 10.8. The highest BCUT2D eigenvalue weighted by atomic mass is 16.5. The van der Waals surface area contributed by atoms with Crippen molar-refractivity contribution in [1.29, 1.82) is 0 Å². The number of nitrogens with one attached hydrogen (secondary N) is 1. The Bertz CT molecular complexity index is 760. The lowest BCUT2D eigenvalue weighted by atomic mass is 10.1. The minimum atomic E-state index is -0.480. The first-order valence-electron chi connectivity index (χ1n) is 6.76. The van der Waals surface area contributed by atoms with Crippen LogP contribution in [0, 0.1) is 5.92 Å². The van der Waals surface area contributed by atoms with Gasteiger partial charge < -0.3 is 18.7 Å². The van der Waals surface area contributed by atoms with Crippen LogP contribution in [-0.2, 0) is 0 Å². The van der Waals surface area contributed by atoms with Gasteiger partial charge >= 0.3 is 11.8 Å². The number of amides is 1. The van der Waals surface area contributed by atoms with Crippen LogP contribution in [0.3, 0.4) is 0 Å². The number of carbonyl (C=O) groups is 1. The summed E-state index contributed by atoms with van der Waals surface area (Å²) in [5, 5.41) is 14.1. The molecule has 1 amide bonds. The molecule has 0 spiro atoms. The molecular weight excluding hydrogens is 290 g/mol. The monoisotopic (exact) mass is 301 g/mol. The van der Waals surface area contributed by atoms with Gasteiger partial charge in [-0.2, -0.15) is 4.98 Å². The van der Waals surface area contributed by atoms with Crippen LogP contribution >= 0.6 is 0 Å². The van der Waals surface area contributed by atoms with Crippen LogP contribution < -0.4 is 5.32 Å². The molecule has 1 aliphatic carbocycles. The fraction of sp³-hybridized carbons (Fsp3) is 0.308. The van der Waals surface area contributed by atoms with Crippen LogP contribution in [0.25, 0.3) is 11.7 Å². The molecular formula is C13H11N5O4. The van der Waals surface area contributed by atoms with Gasteiger partial charge in [0.2, 0.25) is 6.39 Å². The van der Waals surface area contributed by atoms with Crippen molar-refractivity contribution in [3.8, 4) is 11.7 Å². The maximum absolute atomic E-state index is 12.2. The molecule has 0 aliphatic heterocycles. The van der Waals surface area contributed by atoms with Crippen molar-refractivity contribution >= 4 is 5.91 Å². The Morgan fingerprint density at radius 2 is 2.27 bits per heavy atom. The SMILES string of the molecule is O=C(NC(c1ncon1)C1CC1)c1nnc(-c2ccco2)o1. The molecule has 9 nitrogen and oxygen atoms in total. The van der Waals surface area contributed by atoms with Gasteiger partial charge in [-0.1, -0.05) is 5.16 Å². The van der Waals surface area contributed by atoms with E-state index in [9.17, 15) is 4.79 Å². The number of carbonyl (C=O) groups excluding carboxylic acids is 1. The Hall–Kier alpha value is -2.97. The van der Waals surface area contributed by atoms with Gasteiger partial charge in [0.1, 0.15) is 0 Å². The van der Waals surface area contributed by atoms with E-state index in [1.54, 1.807) is 12.1 Å². The zero-order valence-electron chi connectivity index (χ0n) is 11.3. The summed E-state index contributed by atoms with van der Waals surface area (Å²) in [6, 6.07) is 3.05. The fourth-order valence-electron chi connectivity index (χ4n) is 2.16. The molecule has 4 rings (SSSR count). The first kappa shape index (κ1) is 12.7. The molecule has 112 valence electrons. The Morgan fingerprint density at radius 3 is 2.95 bits per heavy atom. The van der Waals surface area contributed by atoms with Gasteiger partial charge in [-0.25, -0.2) is 0 Å². The average Bonchev–Trinajstić information content (AvgIpc) is 3.00. The van der Waals surface area contributed by atoms with Crippen molar-refractivity contribution in [2.45, 2.75) is 18.9 Å². The van der Waals surface area contributed by atoms with E-state index in [4.69, 9.17) is 13.4 Å². The Kier molecular flexibility index (Phi) is 2.95. The zero-order valence-corrected chi connectivity index (χ0v) is 11.3. The summed E-state index contributed by atoms with van der Waals surface area (Å²) >= 11 is 0. The smallest absolute Gasteiger partial charge is 0.309 e. The molecule has 1 unspecified atom stereocenters. The molecule has 0 bridgehead atoms. The lowest BCUT2D eigenvalue weighted by Gasteiger charge is -2.12. The van der Waals surface area contributed by atoms with E-state index >= 15 is 0 Å². The van der Waals surface area contributed by atoms with Crippen molar-refractivity contribution in [1.82, 2.24) is 25.7 Å². The highest BCUT2D eigenvalue weighted by molar-refractivity contribution is 5.89. The normalized spacial score (nSPS) is 15.6. The van der Waals surface area contributed by atoms with E-state index in [2.05, 4.69) is 25.7 Å². The van der Waals surface area contributed by atoms with E-state index < -0.39 is 5.91 Å². The van der Waals surface area contributed by atoms with Crippen LogP contribution in [0.5, 0.6) is 0 Å². The molecule has 9 heteroatoms. The summed E-state index contributed by atoms with van der Waals surface area (Å²) in [6.45, 7) is 0. The summed E-state index contributed by atoms with van der Waals surface area (Å²) in [5.74, 6) is 0.685. The standard InChI is InChI=1S/C13H11N5O4/c19-11(13-17-16-12(22-13)8-2-1-5-20-8)15-9(7-3-4-7)10-14-6-21-18-10/h1-2,5-7,9H,3-4H2,(H,15,19). The summed E-state index contributed by atoms with van der Waals surface area (Å²) < 4.78 is 15.2. The predicted octanol–water partition coefficient (Wildman–Crippen LogP) is 1.59. The van der Waals surface area contributed by atoms with Gasteiger partial charge in [-0.3, -0.25) is 4.79 Å². The van der Waals surface area contributed by atoms with Gasteiger partial charge in [0, 0.05) is 0 Å².